The molecule has 4 heterocycles. The zero-order valence-corrected chi connectivity index (χ0v) is 19.7. The molecule has 0 saturated carbocycles. The fraction of sp³-hybridized carbons (Fsp3) is 0.417. The van der Waals surface area contributed by atoms with Crippen LogP contribution in [-0.2, 0) is 13.1 Å². The Balaban J connectivity index is 0.00000128. The van der Waals surface area contributed by atoms with Gasteiger partial charge in [0.25, 0.3) is 0 Å². The first kappa shape index (κ1) is 23.4. The first-order valence-electron chi connectivity index (χ1n) is 10.5. The van der Waals surface area contributed by atoms with Crippen LogP contribution in [0.15, 0.2) is 48.5 Å². The second-order valence-corrected chi connectivity index (χ2v) is 8.79. The lowest BCUT2D eigenvalue weighted by molar-refractivity contribution is 0.0720. The topological polar surface area (TPSA) is 20.2 Å². The molecule has 3 fully saturated rings. The zero-order chi connectivity index (χ0) is 19.1. The summed E-state index contributed by atoms with van der Waals surface area (Å²) < 4.78 is 2.42. The largest absolute Gasteiger partial charge is 0.340 e. The van der Waals surface area contributed by atoms with Crippen LogP contribution in [0.4, 0.5) is 0 Å². The van der Waals surface area contributed by atoms with Gasteiger partial charge in [-0.25, -0.2) is 0 Å². The molecule has 0 aliphatic carbocycles. The molecule has 3 aliphatic rings. The van der Waals surface area contributed by atoms with Gasteiger partial charge in [-0.2, -0.15) is 0 Å². The number of para-hydroxylation sites is 1. The SMILES string of the molecule is Cc1c(CNC2CN3CCC2CC3)c2ccccc2n1Cc1ccccc1Cl.Cl.Cl. The van der Waals surface area contributed by atoms with Crippen LogP contribution < -0.4 is 5.32 Å². The molecule has 0 amide bonds. The number of aromatic nitrogens is 1. The molecule has 0 spiro atoms. The Bertz CT molecular complexity index is 993. The Morgan fingerprint density at radius 3 is 2.40 bits per heavy atom. The lowest BCUT2D eigenvalue weighted by atomic mass is 9.84. The molecule has 2 bridgehead atoms. The van der Waals surface area contributed by atoms with E-state index in [0.29, 0.717) is 6.04 Å². The molecule has 1 N–H and O–H groups in total. The summed E-state index contributed by atoms with van der Waals surface area (Å²) in [5.74, 6) is 0.849. The summed E-state index contributed by atoms with van der Waals surface area (Å²) >= 11 is 6.45. The molecule has 1 unspecified atom stereocenters. The predicted molar refractivity (Wildman–Crippen MR) is 132 cm³/mol. The van der Waals surface area contributed by atoms with Gasteiger partial charge in [-0.1, -0.05) is 48.0 Å². The summed E-state index contributed by atoms with van der Waals surface area (Å²) in [5.41, 5.74) is 5.24. The molecule has 3 nitrogen and oxygen atoms in total. The van der Waals surface area contributed by atoms with E-state index in [0.717, 1.165) is 24.0 Å². The third-order valence-corrected chi connectivity index (χ3v) is 7.21. The highest BCUT2D eigenvalue weighted by atomic mass is 35.5. The van der Waals surface area contributed by atoms with Crippen molar-refractivity contribution in [3.05, 3.63) is 70.4 Å². The maximum atomic E-state index is 6.45. The summed E-state index contributed by atoms with van der Waals surface area (Å²) in [6.07, 6.45) is 2.70. The van der Waals surface area contributed by atoms with Crippen molar-refractivity contribution in [2.45, 2.75) is 38.9 Å². The van der Waals surface area contributed by atoms with Crippen LogP contribution in [0.1, 0.15) is 29.7 Å². The minimum absolute atomic E-state index is 0. The Hall–Kier alpha value is -1.23. The van der Waals surface area contributed by atoms with E-state index in [-0.39, 0.29) is 24.8 Å². The zero-order valence-electron chi connectivity index (χ0n) is 17.3. The third-order valence-electron chi connectivity index (χ3n) is 6.85. The molecule has 0 radical (unpaired) electrons. The summed E-state index contributed by atoms with van der Waals surface area (Å²) in [7, 11) is 0. The van der Waals surface area contributed by atoms with E-state index in [1.54, 1.807) is 0 Å². The maximum absolute atomic E-state index is 6.45. The van der Waals surface area contributed by atoms with E-state index in [2.05, 4.69) is 58.1 Å². The standard InChI is InChI=1S/C24H28ClN3.2ClH/c1-17-21(14-26-23-16-27-12-10-18(23)11-13-27)20-7-3-5-9-24(20)28(17)15-19-6-2-4-8-22(19)25;;/h2-9,18,23,26H,10-16H2,1H3;2*1H. The average Bonchev–Trinajstić information content (AvgIpc) is 3.00. The first-order chi connectivity index (χ1) is 13.7. The molecular weight excluding hydrogens is 437 g/mol. The van der Waals surface area contributed by atoms with Crippen LogP contribution in [-0.4, -0.2) is 35.1 Å². The van der Waals surface area contributed by atoms with E-state index in [4.69, 9.17) is 11.6 Å². The van der Waals surface area contributed by atoms with Gasteiger partial charge in [-0.15, -0.1) is 24.8 Å². The highest BCUT2D eigenvalue weighted by Crippen LogP contribution is 2.30. The highest BCUT2D eigenvalue weighted by Gasteiger charge is 2.33. The molecule has 2 aromatic carbocycles. The van der Waals surface area contributed by atoms with E-state index in [1.165, 1.54) is 60.2 Å². The van der Waals surface area contributed by atoms with Gasteiger partial charge in [0.1, 0.15) is 0 Å². The number of piperidine rings is 3. The van der Waals surface area contributed by atoms with Gasteiger partial charge in [0.05, 0.1) is 0 Å². The van der Waals surface area contributed by atoms with Crippen LogP contribution >= 0.6 is 36.4 Å². The lowest BCUT2D eigenvalue weighted by Gasteiger charge is -2.45. The number of hydrogen-bond donors (Lipinski definition) is 1. The van der Waals surface area contributed by atoms with Gasteiger partial charge in [0.2, 0.25) is 0 Å². The highest BCUT2D eigenvalue weighted by molar-refractivity contribution is 6.31. The van der Waals surface area contributed by atoms with Crippen molar-refractivity contribution in [1.82, 2.24) is 14.8 Å². The predicted octanol–water partition coefficient (Wildman–Crippen LogP) is 5.68. The summed E-state index contributed by atoms with van der Waals surface area (Å²) in [5, 5.41) is 6.11. The molecule has 1 aromatic heterocycles. The molecule has 6 rings (SSSR count). The molecule has 3 saturated heterocycles. The molecule has 3 aliphatic heterocycles. The number of benzene rings is 2. The number of halogens is 3. The van der Waals surface area contributed by atoms with Crippen molar-refractivity contribution < 1.29 is 0 Å². The average molecular weight is 467 g/mol. The van der Waals surface area contributed by atoms with Crippen LogP contribution in [0, 0.1) is 12.8 Å². The van der Waals surface area contributed by atoms with Crippen LogP contribution in [0.3, 0.4) is 0 Å². The monoisotopic (exact) mass is 465 g/mol. The minimum Gasteiger partial charge on any atom is -0.340 e. The third kappa shape index (κ3) is 4.37. The van der Waals surface area contributed by atoms with Gasteiger partial charge in [0.15, 0.2) is 0 Å². The Kier molecular flexibility index (Phi) is 7.76. The Labute approximate surface area is 196 Å². The van der Waals surface area contributed by atoms with E-state index >= 15 is 0 Å². The van der Waals surface area contributed by atoms with E-state index in [1.807, 2.05) is 12.1 Å². The number of nitrogens with zero attached hydrogens (tertiary/aromatic N) is 2. The Morgan fingerprint density at radius 1 is 1.00 bits per heavy atom. The maximum Gasteiger partial charge on any atom is 0.0493 e. The summed E-state index contributed by atoms with van der Waals surface area (Å²) in [6, 6.07) is 17.6. The van der Waals surface area contributed by atoms with Gasteiger partial charge in [-0.05, 0) is 62.0 Å². The number of hydrogen-bond acceptors (Lipinski definition) is 2. The van der Waals surface area contributed by atoms with Gasteiger partial charge >= 0.3 is 0 Å². The number of fused-ring (bicyclic) bond motifs is 4. The second-order valence-electron chi connectivity index (χ2n) is 8.38. The van der Waals surface area contributed by atoms with Crippen LogP contribution in [0.2, 0.25) is 5.02 Å². The van der Waals surface area contributed by atoms with Crippen molar-refractivity contribution in [2.24, 2.45) is 5.92 Å². The van der Waals surface area contributed by atoms with Crippen LogP contribution in [0.25, 0.3) is 10.9 Å². The van der Waals surface area contributed by atoms with E-state index < -0.39 is 0 Å². The van der Waals surface area contributed by atoms with Gasteiger partial charge in [-0.3, -0.25) is 0 Å². The van der Waals surface area contributed by atoms with Crippen molar-refractivity contribution in [1.29, 1.82) is 0 Å². The molecule has 3 aromatic rings. The van der Waals surface area contributed by atoms with Crippen molar-refractivity contribution >= 4 is 47.3 Å². The number of rotatable bonds is 5. The fourth-order valence-corrected chi connectivity index (χ4v) is 5.35. The minimum atomic E-state index is 0. The lowest BCUT2D eigenvalue weighted by Crippen LogP contribution is -2.55. The van der Waals surface area contributed by atoms with Gasteiger partial charge in [0, 0.05) is 47.3 Å². The van der Waals surface area contributed by atoms with Crippen LogP contribution in [0.5, 0.6) is 0 Å². The molecule has 6 heteroatoms. The van der Waals surface area contributed by atoms with Crippen molar-refractivity contribution in [3.8, 4) is 0 Å². The van der Waals surface area contributed by atoms with Crippen molar-refractivity contribution in [3.63, 3.8) is 0 Å². The fourth-order valence-electron chi connectivity index (χ4n) is 5.16. The summed E-state index contributed by atoms with van der Waals surface area (Å²) in [4.78, 5) is 2.62. The van der Waals surface area contributed by atoms with Gasteiger partial charge < -0.3 is 14.8 Å². The van der Waals surface area contributed by atoms with Crippen molar-refractivity contribution in [2.75, 3.05) is 19.6 Å². The molecule has 162 valence electrons. The quantitative estimate of drug-likeness (QED) is 0.522. The van der Waals surface area contributed by atoms with E-state index in [9.17, 15) is 0 Å². The summed E-state index contributed by atoms with van der Waals surface area (Å²) in [6.45, 7) is 7.80. The first-order valence-corrected chi connectivity index (χ1v) is 10.8. The molecule has 1 atom stereocenters. The number of nitrogens with one attached hydrogen (secondary N) is 1. The second kappa shape index (κ2) is 9.93. The normalized spacial score (nSPS) is 22.5. The smallest absolute Gasteiger partial charge is 0.0493 e. The Morgan fingerprint density at radius 2 is 1.70 bits per heavy atom. The molecular formula is C24H30Cl3N3. The molecule has 30 heavy (non-hydrogen) atoms.